The number of phenolic OH excluding ortho intramolecular Hbond substituents is 2. The number of rotatable bonds is 2. The normalized spacial score (nSPS) is 12.0. The van der Waals surface area contributed by atoms with Crippen LogP contribution in [0.2, 0.25) is 0 Å². The summed E-state index contributed by atoms with van der Waals surface area (Å²) >= 11 is 15.9. The van der Waals surface area contributed by atoms with Crippen molar-refractivity contribution in [2.24, 2.45) is 0 Å². The van der Waals surface area contributed by atoms with E-state index in [-0.39, 0.29) is 0 Å². The second-order valence-electron chi connectivity index (χ2n) is 7.31. The highest BCUT2D eigenvalue weighted by Gasteiger charge is 2.24. The molecule has 0 amide bonds. The number of halogens is 3. The van der Waals surface area contributed by atoms with E-state index in [0.29, 0.717) is 11.5 Å². The Morgan fingerprint density at radius 1 is 0.656 bits per heavy atom. The first-order valence-corrected chi connectivity index (χ1v) is 15.6. The van der Waals surface area contributed by atoms with Crippen molar-refractivity contribution in [3.63, 3.8) is 0 Å². The van der Waals surface area contributed by atoms with Crippen LogP contribution in [0.3, 0.4) is 0 Å². The fourth-order valence-corrected chi connectivity index (χ4v) is 12.7. The van der Waals surface area contributed by atoms with Gasteiger partial charge in [-0.05, 0) is 97.5 Å². The molecule has 4 aromatic heterocycles. The third-order valence-electron chi connectivity index (χ3n) is 5.32. The molecule has 2 N–H and O–H groups in total. The number of phenols is 2. The van der Waals surface area contributed by atoms with Crippen molar-refractivity contribution in [2.75, 3.05) is 0 Å². The molecule has 32 heavy (non-hydrogen) atoms. The number of fused-ring (bicyclic) bond motifs is 5. The Labute approximate surface area is 235 Å². The summed E-state index contributed by atoms with van der Waals surface area (Å²) in [6.07, 6.45) is 0. The van der Waals surface area contributed by atoms with Crippen molar-refractivity contribution in [3.8, 4) is 32.4 Å². The van der Waals surface area contributed by atoms with E-state index in [0.717, 1.165) is 17.2 Å². The molecule has 0 fully saturated rings. The first-order valence-electron chi connectivity index (χ1n) is 9.37. The van der Waals surface area contributed by atoms with Crippen LogP contribution in [0.15, 0.2) is 40.9 Å². The number of benzene rings is 2. The minimum absolute atomic E-state index is 0.295. The lowest BCUT2D eigenvalue weighted by atomic mass is 9.94. The predicted molar refractivity (Wildman–Crippen MR) is 166 cm³/mol. The van der Waals surface area contributed by atoms with Gasteiger partial charge in [-0.15, -0.1) is 45.3 Å². The molecule has 2 nitrogen and oxygen atoms in total. The van der Waals surface area contributed by atoms with Crippen LogP contribution in [0, 0.1) is 7.14 Å². The average molecular weight is 779 g/mol. The smallest absolute Gasteiger partial charge is 0.143 e. The predicted octanol–water partition coefficient (Wildman–Crippen LogP) is 8.37. The van der Waals surface area contributed by atoms with E-state index in [9.17, 15) is 10.2 Å². The highest BCUT2D eigenvalue weighted by Crippen LogP contribution is 2.55. The molecular weight excluding hydrogens is 769 g/mol. The number of thiophene rings is 4. The molecule has 0 spiro atoms. The van der Waals surface area contributed by atoms with Crippen molar-refractivity contribution in [1.82, 2.24) is 0 Å². The van der Waals surface area contributed by atoms with Gasteiger partial charge in [0, 0.05) is 27.8 Å². The van der Waals surface area contributed by atoms with Gasteiger partial charge in [0.05, 0.1) is 32.8 Å². The molecule has 0 radical (unpaired) electrons. The molecule has 6 rings (SSSR count). The van der Waals surface area contributed by atoms with Crippen molar-refractivity contribution < 1.29 is 10.2 Å². The van der Waals surface area contributed by atoms with Crippen LogP contribution >= 0.6 is 106 Å². The summed E-state index contributed by atoms with van der Waals surface area (Å²) in [5.74, 6) is 0.599. The second-order valence-corrected chi connectivity index (χ2v) is 14.5. The monoisotopic (exact) mass is 778 g/mol. The summed E-state index contributed by atoms with van der Waals surface area (Å²) in [7, 11) is 2.21. The van der Waals surface area contributed by atoms with Crippen molar-refractivity contribution in [2.45, 2.75) is 0 Å². The first-order chi connectivity index (χ1) is 15.3. The molecule has 158 valence electrons. The summed E-state index contributed by atoms with van der Waals surface area (Å²) in [5.41, 5.74) is 3.65. The first kappa shape index (κ1) is 22.1. The van der Waals surface area contributed by atoms with Gasteiger partial charge in [-0.1, -0.05) is 5.46 Å². The van der Waals surface area contributed by atoms with Gasteiger partial charge in [0.2, 0.25) is 0 Å². The summed E-state index contributed by atoms with van der Waals surface area (Å²) < 4.78 is 11.4. The van der Waals surface area contributed by atoms with Gasteiger partial charge in [0.1, 0.15) is 19.3 Å². The molecule has 0 atom stereocenters. The van der Waals surface area contributed by atoms with Crippen LogP contribution in [0.5, 0.6) is 11.5 Å². The third-order valence-corrected chi connectivity index (χ3v) is 14.2. The zero-order chi connectivity index (χ0) is 22.3. The minimum Gasteiger partial charge on any atom is -0.508 e. The Morgan fingerprint density at radius 3 is 1.72 bits per heavy atom. The Bertz CT molecular complexity index is 1590. The van der Waals surface area contributed by atoms with Crippen molar-refractivity contribution in [3.05, 3.63) is 48.0 Å². The van der Waals surface area contributed by atoms with Gasteiger partial charge in [-0.25, -0.2) is 0 Å². The molecule has 0 bridgehead atoms. The van der Waals surface area contributed by atoms with E-state index in [2.05, 4.69) is 69.0 Å². The van der Waals surface area contributed by atoms with Crippen LogP contribution in [0.4, 0.5) is 0 Å². The van der Waals surface area contributed by atoms with Crippen LogP contribution in [0.25, 0.3) is 49.1 Å². The van der Waals surface area contributed by atoms with Gasteiger partial charge in [0.25, 0.3) is 0 Å². The van der Waals surface area contributed by atoms with Gasteiger partial charge in [0.15, 0.2) is 0 Å². The zero-order valence-electron chi connectivity index (χ0n) is 16.1. The van der Waals surface area contributed by atoms with Crippen LogP contribution < -0.4 is 5.46 Å². The highest BCUT2D eigenvalue weighted by molar-refractivity contribution is 14.1. The zero-order valence-corrected chi connectivity index (χ0v) is 25.3. The van der Waals surface area contributed by atoms with E-state index < -0.39 is 0 Å². The molecule has 4 heterocycles. The molecular formula is C22H10BBrI2O2S4. The maximum absolute atomic E-state index is 9.80. The number of hydrogen-bond donors (Lipinski definition) is 2. The van der Waals surface area contributed by atoms with E-state index in [1.54, 1.807) is 12.1 Å². The van der Waals surface area contributed by atoms with E-state index in [4.69, 9.17) is 0 Å². The Hall–Kier alpha value is -0.375. The Morgan fingerprint density at radius 2 is 1.12 bits per heavy atom. The lowest BCUT2D eigenvalue weighted by molar-refractivity contribution is 0.474. The third kappa shape index (κ3) is 3.31. The lowest BCUT2D eigenvalue weighted by Gasteiger charge is -2.04. The van der Waals surface area contributed by atoms with Crippen molar-refractivity contribution >= 4 is 148 Å². The maximum Gasteiger partial charge on any atom is 0.143 e. The molecule has 2 aromatic carbocycles. The molecule has 0 aliphatic heterocycles. The Balaban J connectivity index is 1.57. The topological polar surface area (TPSA) is 40.5 Å². The number of aromatic hydroxyl groups is 2. The van der Waals surface area contributed by atoms with Gasteiger partial charge in [-0.2, -0.15) is 0 Å². The lowest BCUT2D eigenvalue weighted by Crippen LogP contribution is -2.02. The molecule has 0 aliphatic carbocycles. The van der Waals surface area contributed by atoms with Gasteiger partial charge < -0.3 is 10.2 Å². The summed E-state index contributed by atoms with van der Waals surface area (Å²) in [4.78, 5) is 2.50. The molecule has 6 aromatic rings. The highest BCUT2D eigenvalue weighted by atomic mass is 127. The van der Waals surface area contributed by atoms with Crippen molar-refractivity contribution in [1.29, 1.82) is 0 Å². The number of hydrogen-bond acceptors (Lipinski definition) is 6. The Kier molecular flexibility index (Phi) is 5.59. The maximum atomic E-state index is 9.80. The van der Waals surface area contributed by atoms with Crippen LogP contribution in [0.1, 0.15) is 0 Å². The molecule has 0 unspecified atom stereocenters. The molecule has 0 aliphatic rings. The SMILES string of the molecule is Bc1c(-c2ccc(O)cc2I)sc2c1sc1c3sc(-c4ccc(O)cc4I)c(Br)c3sc21. The van der Waals surface area contributed by atoms with E-state index >= 15 is 0 Å². The minimum atomic E-state index is 0.295. The van der Waals surface area contributed by atoms with Gasteiger partial charge >= 0.3 is 0 Å². The molecule has 10 heteroatoms. The summed E-state index contributed by atoms with van der Waals surface area (Å²) in [6.45, 7) is 0. The molecule has 0 saturated carbocycles. The molecule has 0 saturated heterocycles. The summed E-state index contributed by atoms with van der Waals surface area (Å²) in [5, 5.41) is 19.6. The van der Waals surface area contributed by atoms with Crippen LogP contribution in [-0.4, -0.2) is 18.1 Å². The fourth-order valence-electron chi connectivity index (χ4n) is 3.81. The summed E-state index contributed by atoms with van der Waals surface area (Å²) in [6, 6.07) is 11.2. The average Bonchev–Trinajstić information content (AvgIpc) is 3.43. The largest absolute Gasteiger partial charge is 0.508 e. The van der Waals surface area contributed by atoms with Gasteiger partial charge in [-0.3, -0.25) is 0 Å². The van der Waals surface area contributed by atoms with E-state index in [1.807, 2.05) is 69.6 Å². The second kappa shape index (κ2) is 8.09. The fraction of sp³-hybridized carbons (Fsp3) is 0. The van der Waals surface area contributed by atoms with Crippen LogP contribution in [-0.2, 0) is 0 Å². The quantitative estimate of drug-likeness (QED) is 0.137. The standard InChI is InChI=1S/C22H10BBrI2O2S4/c23-13-15(9-3-1-7(27)5-11(9)25)29-19-17(13)31-22-20-18(32-21(19)22)14(24)16(30-20)10-4-2-8(28)6-12(10)26/h1-6,27-28H,23H2. The van der Waals surface area contributed by atoms with E-state index in [1.165, 1.54) is 49.0 Å².